The molecule has 0 radical (unpaired) electrons. The number of hydrogen-bond donors (Lipinski definition) is 0. The second-order valence-electron chi connectivity index (χ2n) is 8.46. The first-order valence-electron chi connectivity index (χ1n) is 11.4. The summed E-state index contributed by atoms with van der Waals surface area (Å²) >= 11 is 12.3. The highest BCUT2D eigenvalue weighted by atomic mass is 35.5. The lowest BCUT2D eigenvalue weighted by Crippen LogP contribution is -2.52. The number of aldehydes is 1. The second kappa shape index (κ2) is 11.2. The van der Waals surface area contributed by atoms with E-state index in [4.69, 9.17) is 32.7 Å². The zero-order valence-corrected chi connectivity index (χ0v) is 21.6. The standard InChI is InChI=1S/C25H25Cl2F3N4O3/c1-36-19-6-3-16(4-7-19)23-22(27)24(25(28,29)30)31-34(23)14-18(15-35)33-11-9-32(10-12-33)17-5-8-20(26)21(13-17)37-2/h3-8,13,15,18H,9-12,14H2,1-2H3. The van der Waals surface area contributed by atoms with E-state index in [0.717, 1.165) is 12.0 Å². The topological polar surface area (TPSA) is 59.8 Å². The SMILES string of the molecule is COc1ccc(-c2c(Cl)c(C(F)(F)F)nn2CC(C=O)N2CCN(c3ccc(Cl)c(OC)c3)CC2)cc1. The predicted molar refractivity (Wildman–Crippen MR) is 136 cm³/mol. The van der Waals surface area contributed by atoms with Crippen LogP contribution in [0.5, 0.6) is 11.5 Å². The van der Waals surface area contributed by atoms with Gasteiger partial charge in [-0.15, -0.1) is 0 Å². The third-order valence-corrected chi connectivity index (χ3v) is 7.00. The summed E-state index contributed by atoms with van der Waals surface area (Å²) in [6.07, 6.45) is -4.01. The number of benzene rings is 2. The van der Waals surface area contributed by atoms with E-state index in [-0.39, 0.29) is 12.2 Å². The predicted octanol–water partition coefficient (Wildman–Crippen LogP) is 5.28. The summed E-state index contributed by atoms with van der Waals surface area (Å²) in [6.45, 7) is 2.17. The minimum absolute atomic E-state index is 0.0879. The van der Waals surface area contributed by atoms with Crippen LogP contribution in [-0.2, 0) is 17.5 Å². The van der Waals surface area contributed by atoms with Crippen LogP contribution < -0.4 is 14.4 Å². The fraction of sp³-hybridized carbons (Fsp3) is 0.360. The monoisotopic (exact) mass is 556 g/mol. The molecule has 1 aromatic heterocycles. The number of aromatic nitrogens is 2. The number of ether oxygens (including phenoxy) is 2. The highest BCUT2D eigenvalue weighted by molar-refractivity contribution is 6.34. The molecule has 7 nitrogen and oxygen atoms in total. The van der Waals surface area contributed by atoms with Gasteiger partial charge in [-0.25, -0.2) is 0 Å². The van der Waals surface area contributed by atoms with Crippen molar-refractivity contribution in [1.82, 2.24) is 14.7 Å². The van der Waals surface area contributed by atoms with Gasteiger partial charge in [0.15, 0.2) is 5.69 Å². The molecule has 1 fully saturated rings. The molecular weight excluding hydrogens is 532 g/mol. The lowest BCUT2D eigenvalue weighted by atomic mass is 10.1. The molecule has 1 atom stereocenters. The fourth-order valence-corrected chi connectivity index (χ4v) is 4.90. The maximum atomic E-state index is 13.7. The van der Waals surface area contributed by atoms with Gasteiger partial charge in [0.05, 0.1) is 42.5 Å². The van der Waals surface area contributed by atoms with E-state index in [0.29, 0.717) is 48.3 Å². The summed E-state index contributed by atoms with van der Waals surface area (Å²) in [7, 11) is 3.04. The van der Waals surface area contributed by atoms with E-state index >= 15 is 0 Å². The molecule has 3 aromatic rings. The smallest absolute Gasteiger partial charge is 0.436 e. The fourth-order valence-electron chi connectivity index (χ4n) is 4.36. The molecular formula is C25H25Cl2F3N4O3. The van der Waals surface area contributed by atoms with Gasteiger partial charge >= 0.3 is 6.18 Å². The molecule has 12 heteroatoms. The Balaban J connectivity index is 1.55. The van der Waals surface area contributed by atoms with Crippen LogP contribution in [0.3, 0.4) is 0 Å². The molecule has 2 heterocycles. The van der Waals surface area contributed by atoms with E-state index in [9.17, 15) is 18.0 Å². The average molecular weight is 557 g/mol. The van der Waals surface area contributed by atoms with Gasteiger partial charge < -0.3 is 19.2 Å². The Morgan fingerprint density at radius 3 is 2.27 bits per heavy atom. The zero-order chi connectivity index (χ0) is 26.7. The van der Waals surface area contributed by atoms with E-state index in [2.05, 4.69) is 10.00 Å². The lowest BCUT2D eigenvalue weighted by Gasteiger charge is -2.38. The van der Waals surface area contributed by atoms with Crippen molar-refractivity contribution in [3.05, 3.63) is 58.2 Å². The molecule has 0 spiro atoms. The van der Waals surface area contributed by atoms with Gasteiger partial charge in [0, 0.05) is 43.5 Å². The molecule has 2 aromatic carbocycles. The highest BCUT2D eigenvalue weighted by Gasteiger charge is 2.39. The summed E-state index contributed by atoms with van der Waals surface area (Å²) in [4.78, 5) is 16.2. The zero-order valence-electron chi connectivity index (χ0n) is 20.1. The number of carbonyl (C=O) groups is 1. The van der Waals surface area contributed by atoms with Crippen molar-refractivity contribution in [2.45, 2.75) is 18.8 Å². The van der Waals surface area contributed by atoms with E-state index in [1.807, 2.05) is 17.0 Å². The summed E-state index contributed by atoms with van der Waals surface area (Å²) in [5.74, 6) is 1.11. The van der Waals surface area contributed by atoms with Crippen molar-refractivity contribution in [3.8, 4) is 22.8 Å². The van der Waals surface area contributed by atoms with Crippen LogP contribution in [0.25, 0.3) is 11.3 Å². The van der Waals surface area contributed by atoms with Crippen molar-refractivity contribution >= 4 is 35.2 Å². The Bertz CT molecular complexity index is 1240. The maximum absolute atomic E-state index is 13.7. The second-order valence-corrected chi connectivity index (χ2v) is 9.25. The van der Waals surface area contributed by atoms with Crippen molar-refractivity contribution < 1.29 is 27.4 Å². The van der Waals surface area contributed by atoms with Crippen LogP contribution in [0.1, 0.15) is 5.69 Å². The number of rotatable bonds is 8. The van der Waals surface area contributed by atoms with Crippen molar-refractivity contribution in [2.24, 2.45) is 0 Å². The molecule has 0 saturated carbocycles. The number of methoxy groups -OCH3 is 2. The summed E-state index contributed by atoms with van der Waals surface area (Å²) < 4.78 is 52.6. The number of carbonyl (C=O) groups excluding carboxylic acids is 1. The Kier molecular flexibility index (Phi) is 8.20. The minimum Gasteiger partial charge on any atom is -0.497 e. The molecule has 0 bridgehead atoms. The molecule has 198 valence electrons. The van der Waals surface area contributed by atoms with Crippen LogP contribution in [0, 0.1) is 0 Å². The first-order valence-corrected chi connectivity index (χ1v) is 12.2. The van der Waals surface area contributed by atoms with Crippen molar-refractivity contribution in [3.63, 3.8) is 0 Å². The maximum Gasteiger partial charge on any atom is 0.436 e. The van der Waals surface area contributed by atoms with E-state index < -0.39 is 22.9 Å². The largest absolute Gasteiger partial charge is 0.497 e. The number of nitrogens with zero attached hydrogens (tertiary/aromatic N) is 4. The Labute approximate surface area is 222 Å². The Hall–Kier alpha value is -2.95. The third-order valence-electron chi connectivity index (χ3n) is 6.33. The van der Waals surface area contributed by atoms with Gasteiger partial charge in [-0.3, -0.25) is 9.58 Å². The number of alkyl halides is 3. The van der Waals surface area contributed by atoms with Crippen LogP contribution in [0.2, 0.25) is 10.0 Å². The van der Waals surface area contributed by atoms with Crippen LogP contribution in [0.15, 0.2) is 42.5 Å². The molecule has 4 rings (SSSR count). The summed E-state index contributed by atoms with van der Waals surface area (Å²) in [5, 5.41) is 3.78. The quantitative estimate of drug-likeness (QED) is 0.352. The summed E-state index contributed by atoms with van der Waals surface area (Å²) in [6, 6.07) is 11.3. The van der Waals surface area contributed by atoms with E-state index in [1.54, 1.807) is 37.4 Å². The first-order chi connectivity index (χ1) is 17.7. The highest BCUT2D eigenvalue weighted by Crippen LogP contribution is 2.40. The number of hydrogen-bond acceptors (Lipinski definition) is 6. The van der Waals surface area contributed by atoms with Gasteiger partial charge in [-0.1, -0.05) is 23.2 Å². The average Bonchev–Trinajstić information content (AvgIpc) is 3.23. The first kappa shape index (κ1) is 27.1. The molecule has 0 amide bonds. The molecule has 0 N–H and O–H groups in total. The van der Waals surface area contributed by atoms with Crippen LogP contribution in [0.4, 0.5) is 18.9 Å². The van der Waals surface area contributed by atoms with E-state index in [1.165, 1.54) is 11.8 Å². The lowest BCUT2D eigenvalue weighted by molar-refractivity contribution is -0.141. The van der Waals surface area contributed by atoms with Crippen LogP contribution in [-0.4, -0.2) is 67.4 Å². The molecule has 1 saturated heterocycles. The van der Waals surface area contributed by atoms with Crippen LogP contribution >= 0.6 is 23.2 Å². The van der Waals surface area contributed by atoms with Gasteiger partial charge in [0.25, 0.3) is 0 Å². The number of halogens is 5. The van der Waals surface area contributed by atoms with Crippen molar-refractivity contribution in [1.29, 1.82) is 0 Å². The minimum atomic E-state index is -4.74. The number of piperazine rings is 1. The Morgan fingerprint density at radius 2 is 1.70 bits per heavy atom. The van der Waals surface area contributed by atoms with Gasteiger partial charge in [-0.05, 0) is 36.4 Å². The normalized spacial score (nSPS) is 15.5. The van der Waals surface area contributed by atoms with Crippen molar-refractivity contribution in [2.75, 3.05) is 45.3 Å². The van der Waals surface area contributed by atoms with Gasteiger partial charge in [0.2, 0.25) is 0 Å². The third kappa shape index (κ3) is 5.81. The molecule has 1 unspecified atom stereocenters. The molecule has 1 aliphatic heterocycles. The molecule has 37 heavy (non-hydrogen) atoms. The molecule has 0 aliphatic carbocycles. The Morgan fingerprint density at radius 1 is 1.03 bits per heavy atom. The number of anilines is 1. The molecule has 1 aliphatic rings. The van der Waals surface area contributed by atoms with Gasteiger partial charge in [-0.2, -0.15) is 18.3 Å². The van der Waals surface area contributed by atoms with Gasteiger partial charge in [0.1, 0.15) is 17.8 Å². The summed E-state index contributed by atoms with van der Waals surface area (Å²) in [5.41, 5.74) is 0.264.